The van der Waals surface area contributed by atoms with E-state index in [1.54, 1.807) is 18.2 Å². The summed E-state index contributed by atoms with van der Waals surface area (Å²) in [5, 5.41) is 7.93. The van der Waals surface area contributed by atoms with Crippen LogP contribution in [0.25, 0.3) is 0 Å². The van der Waals surface area contributed by atoms with Gasteiger partial charge in [-0.25, -0.2) is 9.89 Å². The number of anilines is 1. The van der Waals surface area contributed by atoms with Crippen LogP contribution in [0.2, 0.25) is 0 Å². The first-order chi connectivity index (χ1) is 8.97. The van der Waals surface area contributed by atoms with E-state index in [1.165, 1.54) is 0 Å². The van der Waals surface area contributed by atoms with Gasteiger partial charge in [0.25, 0.3) is 11.5 Å². The number of carbonyl (C=O) groups is 1. The standard InChI is InChI=1S/C11H9BrN4O3/c1-5-4-6(2-3-7(5)12)13-9(17)8-10(18)14-11(19)16-15-8/h2-4H,1H3,(H,13,17)(H2,14,16,18,19). The third kappa shape index (κ3) is 2.97. The van der Waals surface area contributed by atoms with Crippen molar-refractivity contribution >= 4 is 27.5 Å². The number of benzene rings is 1. The molecule has 8 heteroatoms. The van der Waals surface area contributed by atoms with Crippen LogP contribution in [-0.2, 0) is 0 Å². The summed E-state index contributed by atoms with van der Waals surface area (Å²) < 4.78 is 0.908. The average Bonchev–Trinajstić information content (AvgIpc) is 2.33. The van der Waals surface area contributed by atoms with E-state index in [1.807, 2.05) is 17.0 Å². The van der Waals surface area contributed by atoms with Crippen molar-refractivity contribution < 1.29 is 4.79 Å². The molecule has 1 amide bonds. The number of hydrogen-bond donors (Lipinski definition) is 3. The predicted molar refractivity (Wildman–Crippen MR) is 72.3 cm³/mol. The minimum absolute atomic E-state index is 0.403. The van der Waals surface area contributed by atoms with Gasteiger partial charge >= 0.3 is 5.69 Å². The maximum atomic E-state index is 11.8. The van der Waals surface area contributed by atoms with Gasteiger partial charge in [-0.3, -0.25) is 14.6 Å². The number of rotatable bonds is 2. The molecule has 0 radical (unpaired) electrons. The number of aromatic nitrogens is 3. The van der Waals surface area contributed by atoms with E-state index < -0.39 is 22.9 Å². The first-order valence-corrected chi connectivity index (χ1v) is 6.03. The number of aryl methyl sites for hydroxylation is 1. The number of halogens is 1. The van der Waals surface area contributed by atoms with Gasteiger partial charge < -0.3 is 5.32 Å². The zero-order valence-corrected chi connectivity index (χ0v) is 11.4. The Morgan fingerprint density at radius 3 is 2.74 bits per heavy atom. The second kappa shape index (κ2) is 5.19. The lowest BCUT2D eigenvalue weighted by Gasteiger charge is -2.05. The number of nitrogens with one attached hydrogen (secondary N) is 3. The Morgan fingerprint density at radius 2 is 2.11 bits per heavy atom. The summed E-state index contributed by atoms with van der Waals surface area (Å²) in [6.45, 7) is 1.87. The highest BCUT2D eigenvalue weighted by Crippen LogP contribution is 2.20. The number of hydrogen-bond acceptors (Lipinski definition) is 4. The minimum atomic E-state index is -0.838. The van der Waals surface area contributed by atoms with Gasteiger partial charge in [0.15, 0.2) is 0 Å². The molecule has 0 saturated heterocycles. The molecule has 19 heavy (non-hydrogen) atoms. The van der Waals surface area contributed by atoms with Crippen LogP contribution in [0.15, 0.2) is 32.3 Å². The Labute approximate surface area is 115 Å². The summed E-state index contributed by atoms with van der Waals surface area (Å²) in [5.41, 5.74) is -0.546. The molecule has 7 nitrogen and oxygen atoms in total. The quantitative estimate of drug-likeness (QED) is 0.758. The highest BCUT2D eigenvalue weighted by Gasteiger charge is 2.13. The number of nitrogens with zero attached hydrogens (tertiary/aromatic N) is 1. The third-order valence-corrected chi connectivity index (χ3v) is 3.23. The molecule has 0 aliphatic heterocycles. The highest BCUT2D eigenvalue weighted by molar-refractivity contribution is 9.10. The molecule has 1 aromatic carbocycles. The van der Waals surface area contributed by atoms with E-state index in [9.17, 15) is 14.4 Å². The van der Waals surface area contributed by atoms with E-state index in [4.69, 9.17) is 0 Å². The highest BCUT2D eigenvalue weighted by atomic mass is 79.9. The van der Waals surface area contributed by atoms with Crippen molar-refractivity contribution in [2.75, 3.05) is 5.32 Å². The van der Waals surface area contributed by atoms with Crippen LogP contribution >= 0.6 is 15.9 Å². The fraction of sp³-hybridized carbons (Fsp3) is 0.0909. The lowest BCUT2D eigenvalue weighted by molar-refractivity contribution is 0.101. The first kappa shape index (κ1) is 13.2. The van der Waals surface area contributed by atoms with Crippen LogP contribution in [0.4, 0.5) is 5.69 Å². The number of carbonyl (C=O) groups excluding carboxylic acids is 1. The van der Waals surface area contributed by atoms with E-state index in [0.29, 0.717) is 5.69 Å². The number of aromatic amines is 2. The topological polar surface area (TPSA) is 108 Å². The Balaban J connectivity index is 2.28. The van der Waals surface area contributed by atoms with Crippen LogP contribution in [0.1, 0.15) is 16.1 Å². The van der Waals surface area contributed by atoms with Crippen molar-refractivity contribution in [3.63, 3.8) is 0 Å². The summed E-state index contributed by atoms with van der Waals surface area (Å²) in [5.74, 6) is -0.695. The van der Waals surface area contributed by atoms with Crippen LogP contribution < -0.4 is 16.6 Å². The van der Waals surface area contributed by atoms with Gasteiger partial charge in [0, 0.05) is 10.2 Å². The molecule has 0 aliphatic carbocycles. The fourth-order valence-electron chi connectivity index (χ4n) is 1.41. The molecular formula is C11H9BrN4O3. The first-order valence-electron chi connectivity index (χ1n) is 5.24. The summed E-state index contributed by atoms with van der Waals surface area (Å²) >= 11 is 3.34. The smallest absolute Gasteiger partial charge is 0.320 e. The molecule has 2 rings (SSSR count). The molecule has 0 atom stereocenters. The van der Waals surface area contributed by atoms with E-state index in [0.717, 1.165) is 10.0 Å². The van der Waals surface area contributed by atoms with Crippen LogP contribution in [0.5, 0.6) is 0 Å². The number of H-pyrrole nitrogens is 2. The lowest BCUT2D eigenvalue weighted by atomic mass is 10.2. The molecule has 3 N–H and O–H groups in total. The van der Waals surface area contributed by atoms with Crippen molar-refractivity contribution in [3.8, 4) is 0 Å². The zero-order valence-electron chi connectivity index (χ0n) is 9.78. The maximum Gasteiger partial charge on any atom is 0.342 e. The maximum absolute atomic E-state index is 11.8. The van der Waals surface area contributed by atoms with Crippen LogP contribution in [0, 0.1) is 6.92 Å². The van der Waals surface area contributed by atoms with Gasteiger partial charge in [-0.1, -0.05) is 15.9 Å². The SMILES string of the molecule is Cc1cc(NC(=O)c2n[nH]c(=O)[nH]c2=O)ccc1Br. The molecule has 2 aromatic rings. The summed E-state index contributed by atoms with van der Waals surface area (Å²) in [4.78, 5) is 35.9. The number of amides is 1. The van der Waals surface area contributed by atoms with Crippen LogP contribution in [-0.4, -0.2) is 21.1 Å². The lowest BCUT2D eigenvalue weighted by Crippen LogP contribution is -2.32. The van der Waals surface area contributed by atoms with Gasteiger partial charge in [-0.2, -0.15) is 5.10 Å². The van der Waals surface area contributed by atoms with Crippen molar-refractivity contribution in [1.82, 2.24) is 15.2 Å². The molecule has 0 fully saturated rings. The molecule has 0 unspecified atom stereocenters. The minimum Gasteiger partial charge on any atom is -0.320 e. The largest absolute Gasteiger partial charge is 0.342 e. The van der Waals surface area contributed by atoms with Gasteiger partial charge in [-0.15, -0.1) is 0 Å². The molecule has 98 valence electrons. The van der Waals surface area contributed by atoms with E-state index in [-0.39, 0.29) is 0 Å². The van der Waals surface area contributed by atoms with Gasteiger partial charge in [0.2, 0.25) is 5.69 Å². The van der Waals surface area contributed by atoms with Gasteiger partial charge in [0.1, 0.15) is 0 Å². The molecule has 1 heterocycles. The Morgan fingerprint density at radius 1 is 1.37 bits per heavy atom. The normalized spacial score (nSPS) is 10.2. The predicted octanol–water partition coefficient (Wildman–Crippen LogP) is 0.781. The Kier molecular flexibility index (Phi) is 3.61. The average molecular weight is 325 g/mol. The molecule has 1 aromatic heterocycles. The van der Waals surface area contributed by atoms with Crippen molar-refractivity contribution in [1.29, 1.82) is 0 Å². The molecule has 0 bridgehead atoms. The van der Waals surface area contributed by atoms with E-state index >= 15 is 0 Å². The van der Waals surface area contributed by atoms with E-state index in [2.05, 4.69) is 26.3 Å². The second-order valence-electron chi connectivity index (χ2n) is 3.77. The molecular weight excluding hydrogens is 316 g/mol. The Bertz CT molecular complexity index is 750. The van der Waals surface area contributed by atoms with Gasteiger partial charge in [-0.05, 0) is 30.7 Å². The summed E-state index contributed by atoms with van der Waals surface area (Å²) in [6, 6.07) is 5.19. The monoisotopic (exact) mass is 324 g/mol. The third-order valence-electron chi connectivity index (χ3n) is 2.34. The zero-order chi connectivity index (χ0) is 14.0. The molecule has 0 spiro atoms. The Hall–Kier alpha value is -2.22. The van der Waals surface area contributed by atoms with Crippen molar-refractivity contribution in [3.05, 3.63) is 54.8 Å². The van der Waals surface area contributed by atoms with Crippen molar-refractivity contribution in [2.45, 2.75) is 6.92 Å². The van der Waals surface area contributed by atoms with Crippen molar-refractivity contribution in [2.24, 2.45) is 0 Å². The van der Waals surface area contributed by atoms with Gasteiger partial charge in [0.05, 0.1) is 0 Å². The summed E-state index contributed by atoms with van der Waals surface area (Å²) in [7, 11) is 0. The molecule has 0 saturated carbocycles. The second-order valence-corrected chi connectivity index (χ2v) is 4.63. The summed E-state index contributed by atoms with van der Waals surface area (Å²) in [6.07, 6.45) is 0. The van der Waals surface area contributed by atoms with Crippen LogP contribution in [0.3, 0.4) is 0 Å². The fourth-order valence-corrected chi connectivity index (χ4v) is 1.66. The molecule has 0 aliphatic rings.